The van der Waals surface area contributed by atoms with E-state index in [1.54, 1.807) is 6.07 Å². The Morgan fingerprint density at radius 3 is 2.44 bits per heavy atom. The van der Waals surface area contributed by atoms with Crippen LogP contribution in [0.4, 0.5) is 0 Å². The maximum absolute atomic E-state index is 9.70. The molecule has 94 valence electrons. The molecule has 1 atom stereocenters. The molecule has 2 aromatic rings. The van der Waals surface area contributed by atoms with Gasteiger partial charge in [-0.1, -0.05) is 56.7 Å². The molecule has 0 spiro atoms. The van der Waals surface area contributed by atoms with Gasteiger partial charge in [0.05, 0.1) is 0 Å². The van der Waals surface area contributed by atoms with Gasteiger partial charge in [-0.25, -0.2) is 0 Å². The zero-order valence-electron chi connectivity index (χ0n) is 11.1. The molecule has 0 aromatic heterocycles. The Labute approximate surface area is 109 Å². The lowest BCUT2D eigenvalue weighted by Gasteiger charge is -2.16. The van der Waals surface area contributed by atoms with E-state index in [1.807, 2.05) is 18.2 Å². The van der Waals surface area contributed by atoms with E-state index in [1.165, 1.54) is 16.7 Å². The standard InChI is InChI=1S/C17H20O/c1-3-7-13(2)17-12-15(18)10-11-16(17)14-8-5-4-6-9-14/h4-6,8-13,18H,3,7H2,1-2H3/t13-/m0/s1. The van der Waals surface area contributed by atoms with Gasteiger partial charge in [-0.3, -0.25) is 0 Å². The number of hydrogen-bond acceptors (Lipinski definition) is 1. The summed E-state index contributed by atoms with van der Waals surface area (Å²) in [5, 5.41) is 9.70. The van der Waals surface area contributed by atoms with Crippen LogP contribution >= 0.6 is 0 Å². The van der Waals surface area contributed by atoms with Gasteiger partial charge in [0.2, 0.25) is 0 Å². The van der Waals surface area contributed by atoms with Crippen LogP contribution in [-0.4, -0.2) is 5.11 Å². The van der Waals surface area contributed by atoms with Crippen LogP contribution in [0.1, 0.15) is 38.2 Å². The van der Waals surface area contributed by atoms with Crippen LogP contribution in [0.25, 0.3) is 11.1 Å². The van der Waals surface area contributed by atoms with Gasteiger partial charge in [0.1, 0.15) is 5.75 Å². The van der Waals surface area contributed by atoms with E-state index in [0.717, 1.165) is 12.8 Å². The third kappa shape index (κ3) is 2.73. The van der Waals surface area contributed by atoms with Gasteiger partial charge in [0.25, 0.3) is 0 Å². The van der Waals surface area contributed by atoms with Crippen LogP contribution < -0.4 is 0 Å². The third-order valence-electron chi connectivity index (χ3n) is 3.37. The molecule has 0 amide bonds. The van der Waals surface area contributed by atoms with Crippen LogP contribution in [0.2, 0.25) is 0 Å². The van der Waals surface area contributed by atoms with Gasteiger partial charge in [0, 0.05) is 0 Å². The van der Waals surface area contributed by atoms with Crippen molar-refractivity contribution in [1.82, 2.24) is 0 Å². The normalized spacial score (nSPS) is 12.3. The lowest BCUT2D eigenvalue weighted by Crippen LogP contribution is -1.96. The zero-order valence-corrected chi connectivity index (χ0v) is 11.1. The monoisotopic (exact) mass is 240 g/mol. The van der Waals surface area contributed by atoms with Crippen molar-refractivity contribution in [2.45, 2.75) is 32.6 Å². The van der Waals surface area contributed by atoms with Crippen LogP contribution in [-0.2, 0) is 0 Å². The van der Waals surface area contributed by atoms with Crippen molar-refractivity contribution in [3.05, 3.63) is 54.1 Å². The minimum absolute atomic E-state index is 0.354. The molecule has 18 heavy (non-hydrogen) atoms. The van der Waals surface area contributed by atoms with E-state index < -0.39 is 0 Å². The van der Waals surface area contributed by atoms with Crippen molar-refractivity contribution in [3.63, 3.8) is 0 Å². The summed E-state index contributed by atoms with van der Waals surface area (Å²) >= 11 is 0. The number of phenols is 1. The van der Waals surface area contributed by atoms with Gasteiger partial charge in [-0.15, -0.1) is 0 Å². The Hall–Kier alpha value is -1.76. The molecule has 0 heterocycles. The lowest BCUT2D eigenvalue weighted by molar-refractivity contribution is 0.473. The number of benzene rings is 2. The van der Waals surface area contributed by atoms with E-state index >= 15 is 0 Å². The smallest absolute Gasteiger partial charge is 0.115 e. The van der Waals surface area contributed by atoms with Crippen molar-refractivity contribution in [2.75, 3.05) is 0 Å². The highest BCUT2D eigenvalue weighted by atomic mass is 16.3. The molecule has 1 nitrogen and oxygen atoms in total. The van der Waals surface area contributed by atoms with Gasteiger partial charge in [-0.2, -0.15) is 0 Å². The van der Waals surface area contributed by atoms with Gasteiger partial charge < -0.3 is 5.11 Å². The van der Waals surface area contributed by atoms with E-state index in [2.05, 4.69) is 38.1 Å². The Balaban J connectivity index is 2.47. The molecule has 0 saturated carbocycles. The maximum atomic E-state index is 9.70. The van der Waals surface area contributed by atoms with E-state index in [0.29, 0.717) is 11.7 Å². The molecule has 1 heteroatoms. The highest BCUT2D eigenvalue weighted by Crippen LogP contribution is 2.33. The molecule has 0 aliphatic heterocycles. The van der Waals surface area contributed by atoms with Crippen molar-refractivity contribution in [1.29, 1.82) is 0 Å². The quantitative estimate of drug-likeness (QED) is 0.800. The summed E-state index contributed by atoms with van der Waals surface area (Å²) in [5.74, 6) is 0.824. The predicted octanol–water partition coefficient (Wildman–Crippen LogP) is 4.96. The average Bonchev–Trinajstić information content (AvgIpc) is 2.40. The van der Waals surface area contributed by atoms with Crippen LogP contribution in [0.3, 0.4) is 0 Å². The maximum Gasteiger partial charge on any atom is 0.115 e. The molecule has 2 aromatic carbocycles. The molecule has 0 fully saturated rings. The average molecular weight is 240 g/mol. The fourth-order valence-electron chi connectivity index (χ4n) is 2.43. The topological polar surface area (TPSA) is 20.2 Å². The number of phenolic OH excluding ortho intramolecular Hbond substituents is 1. The van der Waals surface area contributed by atoms with Crippen molar-refractivity contribution in [2.24, 2.45) is 0 Å². The van der Waals surface area contributed by atoms with Crippen LogP contribution in [0, 0.1) is 0 Å². The highest BCUT2D eigenvalue weighted by Gasteiger charge is 2.12. The molecular formula is C17H20O. The first-order chi connectivity index (χ1) is 8.72. The third-order valence-corrected chi connectivity index (χ3v) is 3.37. The van der Waals surface area contributed by atoms with Crippen LogP contribution in [0.5, 0.6) is 5.75 Å². The molecule has 0 radical (unpaired) electrons. The van der Waals surface area contributed by atoms with Gasteiger partial charge in [-0.05, 0) is 41.2 Å². The molecule has 1 N–H and O–H groups in total. The second kappa shape index (κ2) is 5.72. The van der Waals surface area contributed by atoms with Crippen molar-refractivity contribution in [3.8, 4) is 16.9 Å². The number of rotatable bonds is 4. The van der Waals surface area contributed by atoms with E-state index in [-0.39, 0.29) is 0 Å². The summed E-state index contributed by atoms with van der Waals surface area (Å²) in [6, 6.07) is 16.1. The second-order valence-electron chi connectivity index (χ2n) is 4.83. The summed E-state index contributed by atoms with van der Waals surface area (Å²) < 4.78 is 0. The Bertz CT molecular complexity index is 502. The lowest BCUT2D eigenvalue weighted by atomic mass is 9.89. The zero-order chi connectivity index (χ0) is 13.0. The first kappa shape index (κ1) is 12.7. The van der Waals surface area contributed by atoms with Gasteiger partial charge >= 0.3 is 0 Å². The SMILES string of the molecule is CCC[C@H](C)c1cc(O)ccc1-c1ccccc1. The first-order valence-corrected chi connectivity index (χ1v) is 6.60. The van der Waals surface area contributed by atoms with Gasteiger partial charge in [0.15, 0.2) is 0 Å². The molecule has 0 unspecified atom stereocenters. The first-order valence-electron chi connectivity index (χ1n) is 6.60. The van der Waals surface area contributed by atoms with Crippen molar-refractivity contribution < 1.29 is 5.11 Å². The number of aromatic hydroxyl groups is 1. The molecule has 2 rings (SSSR count). The predicted molar refractivity (Wildman–Crippen MR) is 76.9 cm³/mol. The molecular weight excluding hydrogens is 220 g/mol. The highest BCUT2D eigenvalue weighted by molar-refractivity contribution is 5.69. The van der Waals surface area contributed by atoms with Crippen molar-refractivity contribution >= 4 is 0 Å². The Kier molecular flexibility index (Phi) is 4.03. The minimum atomic E-state index is 0.354. The molecule has 0 aliphatic carbocycles. The summed E-state index contributed by atoms with van der Waals surface area (Å²) in [6.07, 6.45) is 2.30. The second-order valence-corrected chi connectivity index (χ2v) is 4.83. The van der Waals surface area contributed by atoms with E-state index in [4.69, 9.17) is 0 Å². The largest absolute Gasteiger partial charge is 0.508 e. The summed E-state index contributed by atoms with van der Waals surface area (Å²) in [6.45, 7) is 4.42. The summed E-state index contributed by atoms with van der Waals surface area (Å²) in [7, 11) is 0. The molecule has 0 saturated heterocycles. The minimum Gasteiger partial charge on any atom is -0.508 e. The fourth-order valence-corrected chi connectivity index (χ4v) is 2.43. The van der Waals surface area contributed by atoms with Crippen LogP contribution in [0.15, 0.2) is 48.5 Å². The van der Waals surface area contributed by atoms with E-state index in [9.17, 15) is 5.11 Å². The Morgan fingerprint density at radius 2 is 1.78 bits per heavy atom. The molecule has 0 aliphatic rings. The fraction of sp³-hybridized carbons (Fsp3) is 0.294. The number of hydrogen-bond donors (Lipinski definition) is 1. The summed E-state index contributed by atoms with van der Waals surface area (Å²) in [4.78, 5) is 0. The summed E-state index contributed by atoms with van der Waals surface area (Å²) in [5.41, 5.74) is 3.69. The molecule has 0 bridgehead atoms. The Morgan fingerprint density at radius 1 is 1.06 bits per heavy atom.